The van der Waals surface area contributed by atoms with E-state index in [2.05, 4.69) is 16.9 Å². The zero-order valence-corrected chi connectivity index (χ0v) is 16.7. The second-order valence-electron chi connectivity index (χ2n) is 5.65. The smallest absolute Gasteiger partial charge is 0.454 e. The Bertz CT molecular complexity index is 838. The molecule has 0 saturated carbocycles. The normalized spacial score (nSPS) is 12.8. The van der Waals surface area contributed by atoms with E-state index in [1.807, 2.05) is 5.18 Å². The Labute approximate surface area is 173 Å². The zero-order chi connectivity index (χ0) is 22.2. The zero-order valence-electron chi connectivity index (χ0n) is 15.2. The van der Waals surface area contributed by atoms with Gasteiger partial charge in [0.25, 0.3) is 5.78 Å². The van der Waals surface area contributed by atoms with Crippen LogP contribution >= 0.6 is 23.2 Å². The molecule has 0 aliphatic heterocycles. The van der Waals surface area contributed by atoms with Gasteiger partial charge in [0.2, 0.25) is 0 Å². The Hall–Kier alpha value is -2.39. The van der Waals surface area contributed by atoms with Crippen molar-refractivity contribution in [2.24, 2.45) is 5.18 Å². The van der Waals surface area contributed by atoms with Gasteiger partial charge in [-0.05, 0) is 41.1 Å². The van der Waals surface area contributed by atoms with Gasteiger partial charge in [-0.15, -0.1) is 4.91 Å². The van der Waals surface area contributed by atoms with Crippen molar-refractivity contribution in [3.8, 4) is 5.75 Å². The Kier molecular flexibility index (Phi) is 8.84. The molecule has 1 N–H and O–H groups in total. The number of nitrogens with one attached hydrogen (secondary N) is 1. The standard InChI is InChI=1S/C16H13ClF3NO2.C2H3ClFNO/c1-23-12-5-2-10(3-6-12)9-21-14-7-4-11(17)8-13(14)15(22)16(18,19)20;1-2(3,4)5-6/h2-8,21H,9H2,1H3;1H3. The van der Waals surface area contributed by atoms with E-state index in [1.54, 1.807) is 24.3 Å². The Morgan fingerprint density at radius 2 is 1.69 bits per heavy atom. The van der Waals surface area contributed by atoms with Crippen LogP contribution in [-0.4, -0.2) is 24.3 Å². The Morgan fingerprint density at radius 3 is 2.14 bits per heavy atom. The molecule has 0 aromatic heterocycles. The fourth-order valence-electron chi connectivity index (χ4n) is 1.95. The number of carbonyl (C=O) groups excluding carboxylic acids is 1. The number of carbonyl (C=O) groups is 1. The van der Waals surface area contributed by atoms with E-state index in [4.69, 9.17) is 21.2 Å². The predicted molar refractivity (Wildman–Crippen MR) is 103 cm³/mol. The molecule has 0 fully saturated rings. The van der Waals surface area contributed by atoms with Crippen LogP contribution in [0.3, 0.4) is 0 Å². The molecule has 0 bridgehead atoms. The first kappa shape index (κ1) is 24.6. The summed E-state index contributed by atoms with van der Waals surface area (Å²) in [4.78, 5) is 20.6. The fraction of sp³-hybridized carbons (Fsp3) is 0.278. The van der Waals surface area contributed by atoms with Crippen molar-refractivity contribution in [2.45, 2.75) is 24.9 Å². The molecule has 158 valence electrons. The number of methoxy groups -OCH3 is 1. The van der Waals surface area contributed by atoms with Crippen molar-refractivity contribution in [1.29, 1.82) is 0 Å². The number of ether oxygens (including phenoxy) is 1. The van der Waals surface area contributed by atoms with Crippen molar-refractivity contribution in [3.05, 3.63) is 63.5 Å². The highest BCUT2D eigenvalue weighted by Crippen LogP contribution is 2.29. The Balaban J connectivity index is 0.000000612. The van der Waals surface area contributed by atoms with Crippen LogP contribution in [0.1, 0.15) is 22.8 Å². The van der Waals surface area contributed by atoms with Crippen LogP contribution in [0.2, 0.25) is 5.02 Å². The topological polar surface area (TPSA) is 67.8 Å². The second kappa shape index (κ2) is 10.4. The van der Waals surface area contributed by atoms with Gasteiger partial charge in [0.1, 0.15) is 5.75 Å². The van der Waals surface area contributed by atoms with Gasteiger partial charge in [0.15, 0.2) is 0 Å². The lowest BCUT2D eigenvalue weighted by atomic mass is 10.1. The van der Waals surface area contributed by atoms with E-state index < -0.39 is 22.8 Å². The van der Waals surface area contributed by atoms with Gasteiger partial charge in [-0.3, -0.25) is 4.79 Å². The summed E-state index contributed by atoms with van der Waals surface area (Å²) in [5.41, 5.74) is 0.400. The molecule has 11 heteroatoms. The van der Waals surface area contributed by atoms with Crippen molar-refractivity contribution < 1.29 is 27.1 Å². The number of alkyl halides is 5. The summed E-state index contributed by atoms with van der Waals surface area (Å²) in [5.74, 6) is -1.26. The number of nitrogens with zero attached hydrogens (tertiary/aromatic N) is 1. The van der Waals surface area contributed by atoms with Crippen LogP contribution in [-0.2, 0) is 6.54 Å². The highest BCUT2D eigenvalue weighted by Gasteiger charge is 2.40. The van der Waals surface area contributed by atoms with Crippen LogP contribution in [0.4, 0.5) is 23.2 Å². The maximum atomic E-state index is 12.7. The lowest BCUT2D eigenvalue weighted by molar-refractivity contribution is -0.0884. The number of nitroso groups, excluding NO2 is 1. The molecule has 0 heterocycles. The van der Waals surface area contributed by atoms with Gasteiger partial charge < -0.3 is 10.1 Å². The number of benzene rings is 2. The first-order valence-corrected chi connectivity index (χ1v) is 8.63. The van der Waals surface area contributed by atoms with E-state index in [9.17, 15) is 22.4 Å². The van der Waals surface area contributed by atoms with Gasteiger partial charge in [-0.25, -0.2) is 0 Å². The Morgan fingerprint density at radius 1 is 1.14 bits per heavy atom. The molecule has 5 nitrogen and oxygen atoms in total. The van der Waals surface area contributed by atoms with E-state index in [0.29, 0.717) is 5.75 Å². The molecule has 0 radical (unpaired) electrons. The summed E-state index contributed by atoms with van der Waals surface area (Å²) < 4.78 is 54.4. The molecule has 29 heavy (non-hydrogen) atoms. The number of hydrogen-bond acceptors (Lipinski definition) is 5. The summed E-state index contributed by atoms with van der Waals surface area (Å²) in [6.45, 7) is 1.12. The fourth-order valence-corrected chi connectivity index (χ4v) is 2.12. The molecule has 2 aromatic rings. The summed E-state index contributed by atoms with van der Waals surface area (Å²) >= 11 is 10.3. The van der Waals surface area contributed by atoms with E-state index >= 15 is 0 Å². The van der Waals surface area contributed by atoms with Crippen molar-refractivity contribution in [2.75, 3.05) is 12.4 Å². The maximum Gasteiger partial charge on any atom is 0.454 e. The minimum Gasteiger partial charge on any atom is -0.497 e. The molecular formula is C18H16Cl2F4N2O3. The number of rotatable bonds is 6. The highest BCUT2D eigenvalue weighted by molar-refractivity contribution is 6.31. The molecule has 0 aliphatic carbocycles. The quantitative estimate of drug-likeness (QED) is 0.182. The van der Waals surface area contributed by atoms with Crippen molar-refractivity contribution in [1.82, 2.24) is 0 Å². The summed E-state index contributed by atoms with van der Waals surface area (Å²) in [6.07, 6.45) is -4.96. The van der Waals surface area contributed by atoms with E-state index in [0.717, 1.165) is 18.6 Å². The lowest BCUT2D eigenvalue weighted by Gasteiger charge is -2.13. The lowest BCUT2D eigenvalue weighted by Crippen LogP contribution is -2.24. The van der Waals surface area contributed by atoms with Gasteiger partial charge >= 0.3 is 11.4 Å². The molecule has 2 aromatic carbocycles. The van der Waals surface area contributed by atoms with Gasteiger partial charge in [-0.1, -0.05) is 35.3 Å². The largest absolute Gasteiger partial charge is 0.497 e. The molecule has 1 atom stereocenters. The van der Waals surface area contributed by atoms with Gasteiger partial charge in [0, 0.05) is 24.2 Å². The van der Waals surface area contributed by atoms with Crippen LogP contribution in [0, 0.1) is 4.91 Å². The van der Waals surface area contributed by atoms with Gasteiger partial charge in [0.05, 0.1) is 12.7 Å². The molecule has 0 aliphatic rings. The van der Waals surface area contributed by atoms with E-state index in [-0.39, 0.29) is 17.3 Å². The number of hydrogen-bond donors (Lipinski definition) is 1. The summed E-state index contributed by atoms with van der Waals surface area (Å²) in [5, 5.41) is 2.34. The van der Waals surface area contributed by atoms with Crippen LogP contribution in [0.15, 0.2) is 47.6 Å². The monoisotopic (exact) mass is 454 g/mol. The first-order valence-electron chi connectivity index (χ1n) is 7.87. The number of ketones is 1. The summed E-state index contributed by atoms with van der Waals surface area (Å²) in [7, 11) is 1.54. The number of halogens is 6. The van der Waals surface area contributed by atoms with Crippen molar-refractivity contribution in [3.63, 3.8) is 0 Å². The highest BCUT2D eigenvalue weighted by atomic mass is 35.5. The molecule has 0 amide bonds. The number of Topliss-reactive ketones (excluding diaryl/α,β-unsaturated/α-hetero) is 1. The second-order valence-corrected chi connectivity index (χ2v) is 6.78. The third-order valence-corrected chi connectivity index (χ3v) is 3.59. The molecule has 0 saturated heterocycles. The molecule has 1 unspecified atom stereocenters. The van der Waals surface area contributed by atoms with Crippen LogP contribution in [0.25, 0.3) is 0 Å². The summed E-state index contributed by atoms with van der Waals surface area (Å²) in [6, 6.07) is 10.8. The number of anilines is 1. The minimum absolute atomic E-state index is 0.0626. The molecule has 2 rings (SSSR count). The molecule has 0 spiro atoms. The average molecular weight is 455 g/mol. The first-order chi connectivity index (χ1) is 13.4. The third kappa shape index (κ3) is 8.66. The maximum absolute atomic E-state index is 12.7. The van der Waals surface area contributed by atoms with Gasteiger partial charge in [-0.2, -0.15) is 17.6 Å². The van der Waals surface area contributed by atoms with Crippen molar-refractivity contribution >= 4 is 34.7 Å². The van der Waals surface area contributed by atoms with Crippen LogP contribution in [0.5, 0.6) is 5.75 Å². The van der Waals surface area contributed by atoms with E-state index in [1.165, 1.54) is 19.2 Å². The SMILES string of the molecule is CC(F)(Cl)N=O.COc1ccc(CNc2ccc(Cl)cc2C(=O)C(F)(F)F)cc1. The molecular weight excluding hydrogens is 439 g/mol. The predicted octanol–water partition coefficient (Wildman–Crippen LogP) is 6.34. The minimum atomic E-state index is -4.96. The third-order valence-electron chi connectivity index (χ3n) is 3.29. The average Bonchev–Trinajstić information content (AvgIpc) is 2.66. The van der Waals surface area contributed by atoms with Crippen LogP contribution < -0.4 is 10.1 Å².